The molecule has 7 atom stereocenters. The van der Waals surface area contributed by atoms with Crippen molar-refractivity contribution in [3.63, 3.8) is 0 Å². The Labute approximate surface area is 352 Å². The number of nitrogens with one attached hydrogen (secondary N) is 4. The van der Waals surface area contributed by atoms with Crippen molar-refractivity contribution in [2.75, 3.05) is 39.4 Å². The van der Waals surface area contributed by atoms with Crippen LogP contribution in [-0.2, 0) is 33.5 Å². The van der Waals surface area contributed by atoms with E-state index in [0.717, 1.165) is 28.7 Å². The number of nitrogens with zero attached hydrogens (tertiary/aromatic N) is 2. The molecule has 0 aromatic heterocycles. The van der Waals surface area contributed by atoms with Gasteiger partial charge in [0.15, 0.2) is 0 Å². The molecule has 6 N–H and O–H groups in total. The summed E-state index contributed by atoms with van der Waals surface area (Å²) in [5, 5.41) is 30.3. The van der Waals surface area contributed by atoms with Crippen LogP contribution in [0.4, 0.5) is 0 Å². The lowest BCUT2D eigenvalue weighted by Crippen LogP contribution is -2.62. The van der Waals surface area contributed by atoms with Gasteiger partial charge in [-0.3, -0.25) is 33.7 Å². The predicted molar refractivity (Wildman–Crippen MR) is 225 cm³/mol. The maximum Gasteiger partial charge on any atom is 0.322 e. The minimum absolute atomic E-state index is 0.0566. The first-order valence-electron chi connectivity index (χ1n) is 21.3. The van der Waals surface area contributed by atoms with Crippen molar-refractivity contribution < 1.29 is 43.7 Å². The second kappa shape index (κ2) is 21.4. The lowest BCUT2D eigenvalue weighted by molar-refractivity contribution is -0.149. The van der Waals surface area contributed by atoms with E-state index in [0.29, 0.717) is 32.4 Å². The lowest BCUT2D eigenvalue weighted by Gasteiger charge is -2.39. The monoisotopic (exact) mass is 830 g/mol. The molecule has 15 nitrogen and oxygen atoms in total. The van der Waals surface area contributed by atoms with Gasteiger partial charge in [0.1, 0.15) is 31.3 Å². The zero-order chi connectivity index (χ0) is 43.5. The van der Waals surface area contributed by atoms with Gasteiger partial charge in [0.05, 0.1) is 24.7 Å². The van der Waals surface area contributed by atoms with Crippen LogP contribution < -0.4 is 21.3 Å². The number of allylic oxidation sites excluding steroid dienone is 1. The topological polar surface area (TPSA) is 207 Å². The average Bonchev–Trinajstić information content (AvgIpc) is 3.85. The molecule has 0 unspecified atom stereocenters. The van der Waals surface area contributed by atoms with Crippen molar-refractivity contribution in [2.24, 2.45) is 17.8 Å². The van der Waals surface area contributed by atoms with E-state index in [-0.39, 0.29) is 55.4 Å². The number of carboxylic acid groups (broad SMARTS) is 1. The van der Waals surface area contributed by atoms with Crippen LogP contribution in [0.15, 0.2) is 60.7 Å². The van der Waals surface area contributed by atoms with Crippen LogP contribution in [0.3, 0.4) is 0 Å². The van der Waals surface area contributed by atoms with Gasteiger partial charge >= 0.3 is 11.9 Å². The fourth-order valence-electron chi connectivity index (χ4n) is 8.56. The number of esters is 1. The highest BCUT2D eigenvalue weighted by atomic mass is 16.5. The van der Waals surface area contributed by atoms with Gasteiger partial charge in [0.25, 0.3) is 0 Å². The highest BCUT2D eigenvalue weighted by Gasteiger charge is 2.42. The molecule has 1 saturated heterocycles. The minimum atomic E-state index is -1.46. The van der Waals surface area contributed by atoms with Crippen LogP contribution in [0.2, 0.25) is 0 Å². The summed E-state index contributed by atoms with van der Waals surface area (Å²) < 4.78 is 6.08. The number of carboxylic acids is 1. The zero-order valence-electron chi connectivity index (χ0n) is 35.4. The number of aliphatic hydroxyl groups excluding tert-OH is 1. The molecule has 60 heavy (non-hydrogen) atoms. The third kappa shape index (κ3) is 11.2. The summed E-state index contributed by atoms with van der Waals surface area (Å²) in [6.07, 6.45) is 5.69. The Bertz CT molecular complexity index is 1840. The molecule has 0 saturated carbocycles. The molecular formula is C45H62N6O9. The van der Waals surface area contributed by atoms with Crippen molar-refractivity contribution in [1.29, 1.82) is 0 Å². The second-order valence-electron chi connectivity index (χ2n) is 16.6. The van der Waals surface area contributed by atoms with Crippen molar-refractivity contribution in [3.8, 4) is 11.1 Å². The maximum absolute atomic E-state index is 14.6. The van der Waals surface area contributed by atoms with E-state index in [4.69, 9.17) is 9.84 Å². The lowest BCUT2D eigenvalue weighted by atomic mass is 9.94. The largest absolute Gasteiger partial charge is 0.480 e. The molecule has 0 spiro atoms. The van der Waals surface area contributed by atoms with Crippen LogP contribution in [-0.4, -0.2) is 125 Å². The SMILES string of the molecule is CC[C@@H](C)[C@@H](C(=O)N[C@@H](CO)C(=O)N[C@@H](CC(C)C)C(=O)NCC(=O)O)N1C/C=C\C[C@H](C(=O)OCC2c3ccccc3-c3ccccc32)CN[C@H](C)N2CCC[C@H]2C1=O. The van der Waals surface area contributed by atoms with Gasteiger partial charge < -0.3 is 41.1 Å². The number of amides is 4. The van der Waals surface area contributed by atoms with E-state index in [1.165, 1.54) is 4.90 Å². The number of aliphatic hydroxyl groups is 1. The van der Waals surface area contributed by atoms with Crippen molar-refractivity contribution >= 4 is 35.6 Å². The quantitative estimate of drug-likeness (QED) is 0.107. The third-order valence-corrected chi connectivity index (χ3v) is 12.0. The molecule has 15 heteroatoms. The first-order valence-corrected chi connectivity index (χ1v) is 21.3. The molecule has 2 aliphatic heterocycles. The van der Waals surface area contributed by atoms with Gasteiger partial charge in [0.2, 0.25) is 23.6 Å². The van der Waals surface area contributed by atoms with E-state index >= 15 is 0 Å². The molecule has 2 heterocycles. The molecule has 3 aliphatic rings. The normalized spacial score (nSPS) is 22.1. The van der Waals surface area contributed by atoms with Gasteiger partial charge in [-0.2, -0.15) is 0 Å². The second-order valence-corrected chi connectivity index (χ2v) is 16.6. The Kier molecular flexibility index (Phi) is 16.4. The molecule has 2 aromatic rings. The van der Waals surface area contributed by atoms with Crippen LogP contribution in [0.25, 0.3) is 11.1 Å². The van der Waals surface area contributed by atoms with E-state index in [9.17, 15) is 33.9 Å². The van der Waals surface area contributed by atoms with Gasteiger partial charge in [-0.05, 0) is 66.7 Å². The standard InChI is InChI=1S/C45H62N6O9/c1-6-28(4)40(43(57)49-37(25-52)42(56)48-36(22-27(2)3)41(55)47-24-39(53)54)51-20-12-11-14-30(23-46-29(5)50-21-13-19-38(50)44(51)58)45(59)60-26-35-33-17-9-7-15-31(33)32-16-8-10-18-34(32)35/h7-12,15-18,27-30,35-38,40,46,52H,6,13-14,19-26H2,1-5H3,(H,47,55)(H,48,56)(H,49,57)(H,53,54)/b12-11-/t28-,29+,30+,36+,37+,38+,40+/m1/s1. The summed E-state index contributed by atoms with van der Waals surface area (Å²) >= 11 is 0. The van der Waals surface area contributed by atoms with Crippen molar-refractivity contribution in [1.82, 2.24) is 31.1 Å². The molecule has 326 valence electrons. The first kappa shape index (κ1) is 46.0. The molecule has 0 radical (unpaired) electrons. The molecule has 5 rings (SSSR count). The molecule has 0 bridgehead atoms. The van der Waals surface area contributed by atoms with Crippen LogP contribution >= 0.6 is 0 Å². The molecule has 2 aromatic carbocycles. The number of aliphatic carboxylic acids is 1. The van der Waals surface area contributed by atoms with E-state index < -0.39 is 66.9 Å². The Morgan fingerprint density at radius 3 is 2.18 bits per heavy atom. The first-order chi connectivity index (χ1) is 28.7. The van der Waals surface area contributed by atoms with Gasteiger partial charge in [-0.15, -0.1) is 0 Å². The summed E-state index contributed by atoms with van der Waals surface area (Å²) in [5.41, 5.74) is 4.55. The van der Waals surface area contributed by atoms with Crippen molar-refractivity contribution in [2.45, 2.75) is 103 Å². The summed E-state index contributed by atoms with van der Waals surface area (Å²) in [4.78, 5) is 83.7. The minimum Gasteiger partial charge on any atom is -0.480 e. The highest BCUT2D eigenvalue weighted by Crippen LogP contribution is 2.44. The number of fused-ring (bicyclic) bond motifs is 4. The number of ether oxygens (including phenoxy) is 1. The maximum atomic E-state index is 14.6. The van der Waals surface area contributed by atoms with Gasteiger partial charge in [-0.1, -0.05) is 94.8 Å². The third-order valence-electron chi connectivity index (χ3n) is 12.0. The van der Waals surface area contributed by atoms with E-state index in [1.807, 2.05) is 65.0 Å². The smallest absolute Gasteiger partial charge is 0.322 e. The van der Waals surface area contributed by atoms with E-state index in [1.54, 1.807) is 6.08 Å². The Balaban J connectivity index is 1.33. The van der Waals surface area contributed by atoms with Crippen LogP contribution in [0.1, 0.15) is 83.8 Å². The summed E-state index contributed by atoms with van der Waals surface area (Å²) in [6.45, 7) is 9.18. The Hall–Kier alpha value is -5.12. The zero-order valence-corrected chi connectivity index (χ0v) is 35.4. The fourth-order valence-corrected chi connectivity index (χ4v) is 8.56. The number of rotatable bonds is 16. The average molecular weight is 831 g/mol. The summed E-state index contributed by atoms with van der Waals surface area (Å²) in [5.74, 6) is -5.02. The molecule has 1 aliphatic carbocycles. The van der Waals surface area contributed by atoms with Gasteiger partial charge in [0, 0.05) is 25.6 Å². The Morgan fingerprint density at radius 1 is 0.917 bits per heavy atom. The summed E-state index contributed by atoms with van der Waals surface area (Å²) in [7, 11) is 0. The van der Waals surface area contributed by atoms with Crippen LogP contribution in [0, 0.1) is 17.8 Å². The molecule has 1 fully saturated rings. The Morgan fingerprint density at radius 2 is 1.57 bits per heavy atom. The number of hydrogen-bond donors (Lipinski definition) is 6. The highest BCUT2D eigenvalue weighted by molar-refractivity contribution is 5.95. The molecule has 4 amide bonds. The summed E-state index contributed by atoms with van der Waals surface area (Å²) in [6, 6.07) is 12.2. The number of carbonyl (C=O) groups is 6. The van der Waals surface area contributed by atoms with Gasteiger partial charge in [-0.25, -0.2) is 0 Å². The van der Waals surface area contributed by atoms with Crippen LogP contribution in [0.5, 0.6) is 0 Å². The number of carbonyl (C=O) groups excluding carboxylic acids is 5. The number of hydrogen-bond acceptors (Lipinski definition) is 10. The van der Waals surface area contributed by atoms with Crippen molar-refractivity contribution in [3.05, 3.63) is 71.8 Å². The fraction of sp³-hybridized carbons (Fsp3) is 0.556. The molecular weight excluding hydrogens is 769 g/mol. The van der Waals surface area contributed by atoms with E-state index in [2.05, 4.69) is 50.4 Å². The number of benzene rings is 2. The predicted octanol–water partition coefficient (Wildman–Crippen LogP) is 2.77.